The summed E-state index contributed by atoms with van der Waals surface area (Å²) in [7, 11) is 3.59. The van der Waals surface area contributed by atoms with E-state index < -0.39 is 0 Å². The molecule has 96 valence electrons. The van der Waals surface area contributed by atoms with Crippen molar-refractivity contribution in [3.8, 4) is 0 Å². The largest absolute Gasteiger partial charge is 0.340 e. The number of aromatic nitrogens is 2. The van der Waals surface area contributed by atoms with Gasteiger partial charge in [0.05, 0.1) is 5.69 Å². The van der Waals surface area contributed by atoms with Gasteiger partial charge in [0.1, 0.15) is 5.69 Å². The molecule has 1 aromatic heterocycles. The molecule has 0 N–H and O–H groups in total. The first-order valence-electron chi connectivity index (χ1n) is 5.88. The van der Waals surface area contributed by atoms with Crippen LogP contribution in [0.2, 0.25) is 0 Å². The molecule has 1 rings (SSSR count). The molecule has 1 aromatic rings. The third-order valence-corrected chi connectivity index (χ3v) is 2.94. The first kappa shape index (κ1) is 14.0. The Kier molecular flexibility index (Phi) is 5.00. The van der Waals surface area contributed by atoms with Crippen molar-refractivity contribution in [1.29, 1.82) is 0 Å². The predicted octanol–water partition coefficient (Wildman–Crippen LogP) is 2.07. The molecule has 0 aliphatic rings. The molecule has 0 radical (unpaired) electrons. The maximum atomic E-state index is 12.1. The number of amides is 1. The van der Waals surface area contributed by atoms with Crippen molar-refractivity contribution in [2.24, 2.45) is 7.05 Å². The Morgan fingerprint density at radius 2 is 2.29 bits per heavy atom. The summed E-state index contributed by atoms with van der Waals surface area (Å²) >= 11 is 5.87. The van der Waals surface area contributed by atoms with Crippen molar-refractivity contribution < 1.29 is 4.79 Å². The number of hydrogen-bond acceptors (Lipinski definition) is 2. The summed E-state index contributed by atoms with van der Waals surface area (Å²) < 4.78 is 1.64. The van der Waals surface area contributed by atoms with Crippen LogP contribution in [0.4, 0.5) is 0 Å². The van der Waals surface area contributed by atoms with Crippen molar-refractivity contribution in [2.45, 2.75) is 32.1 Å². The topological polar surface area (TPSA) is 38.1 Å². The highest BCUT2D eigenvalue weighted by molar-refractivity contribution is 6.20. The van der Waals surface area contributed by atoms with E-state index in [9.17, 15) is 4.79 Å². The van der Waals surface area contributed by atoms with Crippen LogP contribution >= 0.6 is 11.6 Å². The Balaban J connectivity index is 2.70. The Bertz CT molecular complexity index is 387. The number of aryl methyl sites for hydroxylation is 2. The van der Waals surface area contributed by atoms with Crippen LogP contribution in [0.5, 0.6) is 0 Å². The summed E-state index contributed by atoms with van der Waals surface area (Å²) in [5.41, 5.74) is 1.57. The molecule has 0 saturated carbocycles. The molecular formula is C12H20ClN3O. The van der Waals surface area contributed by atoms with Gasteiger partial charge in [0.25, 0.3) is 5.91 Å². The fourth-order valence-corrected chi connectivity index (χ4v) is 1.67. The smallest absolute Gasteiger partial charge is 0.271 e. The summed E-state index contributed by atoms with van der Waals surface area (Å²) in [5.74, 6) is -0.00276. The Morgan fingerprint density at radius 1 is 1.65 bits per heavy atom. The Morgan fingerprint density at radius 3 is 2.76 bits per heavy atom. The van der Waals surface area contributed by atoms with Crippen LogP contribution in [0.3, 0.4) is 0 Å². The molecule has 0 saturated heterocycles. The van der Waals surface area contributed by atoms with Gasteiger partial charge in [0.2, 0.25) is 0 Å². The number of rotatable bonds is 5. The molecule has 0 spiro atoms. The summed E-state index contributed by atoms with van der Waals surface area (Å²) in [4.78, 5) is 13.8. The van der Waals surface area contributed by atoms with Gasteiger partial charge < -0.3 is 4.90 Å². The van der Waals surface area contributed by atoms with E-state index in [4.69, 9.17) is 11.6 Å². The van der Waals surface area contributed by atoms with E-state index in [0.717, 1.165) is 18.5 Å². The second-order valence-electron chi connectivity index (χ2n) is 4.29. The minimum Gasteiger partial charge on any atom is -0.340 e. The van der Waals surface area contributed by atoms with Crippen molar-refractivity contribution in [3.05, 3.63) is 17.5 Å². The number of halogens is 1. The molecule has 1 amide bonds. The lowest BCUT2D eigenvalue weighted by molar-refractivity contribution is 0.0783. The molecule has 4 nitrogen and oxygen atoms in total. The zero-order valence-electron chi connectivity index (χ0n) is 10.9. The molecule has 1 atom stereocenters. The van der Waals surface area contributed by atoms with Crippen molar-refractivity contribution >= 4 is 17.5 Å². The number of carbonyl (C=O) groups is 1. The molecule has 17 heavy (non-hydrogen) atoms. The van der Waals surface area contributed by atoms with Crippen LogP contribution in [0.1, 0.15) is 36.5 Å². The number of hydrogen-bond donors (Lipinski definition) is 0. The van der Waals surface area contributed by atoms with Gasteiger partial charge in [-0.15, -0.1) is 11.6 Å². The third-order valence-electron chi connectivity index (χ3n) is 2.72. The van der Waals surface area contributed by atoms with E-state index in [1.54, 1.807) is 23.7 Å². The van der Waals surface area contributed by atoms with Gasteiger partial charge in [0, 0.05) is 26.0 Å². The minimum atomic E-state index is -0.00276. The minimum absolute atomic E-state index is 0.00276. The summed E-state index contributed by atoms with van der Waals surface area (Å²) in [5, 5.41) is 4.36. The predicted molar refractivity (Wildman–Crippen MR) is 69.5 cm³/mol. The highest BCUT2D eigenvalue weighted by atomic mass is 35.5. The van der Waals surface area contributed by atoms with Crippen molar-refractivity contribution in [1.82, 2.24) is 14.7 Å². The normalized spacial score (nSPS) is 12.5. The van der Waals surface area contributed by atoms with Gasteiger partial charge in [-0.05, 0) is 25.8 Å². The van der Waals surface area contributed by atoms with Gasteiger partial charge in [0.15, 0.2) is 0 Å². The molecule has 0 aliphatic carbocycles. The fourth-order valence-electron chi connectivity index (χ4n) is 1.57. The monoisotopic (exact) mass is 257 g/mol. The SMILES string of the molecule is CCc1cc(C(=O)N(C)CCC(C)Cl)n(C)n1. The maximum absolute atomic E-state index is 12.1. The lowest BCUT2D eigenvalue weighted by atomic mass is 10.2. The standard InChI is InChI=1S/C12H20ClN3O/c1-5-10-8-11(16(4)14-10)12(17)15(3)7-6-9(2)13/h8-9H,5-7H2,1-4H3. The van der Waals surface area contributed by atoms with Crippen LogP contribution in [-0.4, -0.2) is 39.6 Å². The van der Waals surface area contributed by atoms with Crippen molar-refractivity contribution in [3.63, 3.8) is 0 Å². The average Bonchev–Trinajstić information content (AvgIpc) is 2.66. The van der Waals surface area contributed by atoms with E-state index >= 15 is 0 Å². The van der Waals surface area contributed by atoms with E-state index in [2.05, 4.69) is 5.10 Å². The van der Waals surface area contributed by atoms with Crippen molar-refractivity contribution in [2.75, 3.05) is 13.6 Å². The number of alkyl halides is 1. The van der Waals surface area contributed by atoms with Gasteiger partial charge in [-0.2, -0.15) is 5.10 Å². The van der Waals surface area contributed by atoms with Gasteiger partial charge in [-0.25, -0.2) is 0 Å². The number of nitrogens with zero attached hydrogens (tertiary/aromatic N) is 3. The lowest BCUT2D eigenvalue weighted by Gasteiger charge is -2.17. The van der Waals surface area contributed by atoms with Gasteiger partial charge >= 0.3 is 0 Å². The quantitative estimate of drug-likeness (QED) is 0.758. The highest BCUT2D eigenvalue weighted by Crippen LogP contribution is 2.08. The Hall–Kier alpha value is -1.03. The molecule has 5 heteroatoms. The van der Waals surface area contributed by atoms with Crippen LogP contribution < -0.4 is 0 Å². The zero-order valence-corrected chi connectivity index (χ0v) is 11.7. The summed E-state index contributed by atoms with van der Waals surface area (Å²) in [6.45, 7) is 4.62. The Labute approximate surface area is 108 Å². The second kappa shape index (κ2) is 6.05. The van der Waals surface area contributed by atoms with Crippen LogP contribution in [0.25, 0.3) is 0 Å². The second-order valence-corrected chi connectivity index (χ2v) is 5.04. The molecule has 1 unspecified atom stereocenters. The van der Waals surface area contributed by atoms with Crippen LogP contribution in [0.15, 0.2) is 6.07 Å². The van der Waals surface area contributed by atoms with E-state index in [1.165, 1.54) is 0 Å². The average molecular weight is 258 g/mol. The fraction of sp³-hybridized carbons (Fsp3) is 0.667. The third kappa shape index (κ3) is 3.73. The van der Waals surface area contributed by atoms with Gasteiger partial charge in [-0.1, -0.05) is 6.92 Å². The number of carbonyl (C=O) groups excluding carboxylic acids is 1. The molecule has 0 aliphatic heterocycles. The van der Waals surface area contributed by atoms with E-state index in [0.29, 0.717) is 12.2 Å². The van der Waals surface area contributed by atoms with Gasteiger partial charge in [-0.3, -0.25) is 9.48 Å². The van der Waals surface area contributed by atoms with Crippen LogP contribution in [0, 0.1) is 0 Å². The molecule has 0 fully saturated rings. The van der Waals surface area contributed by atoms with Crippen LogP contribution in [-0.2, 0) is 13.5 Å². The summed E-state index contributed by atoms with van der Waals surface area (Å²) in [6, 6.07) is 1.85. The summed E-state index contributed by atoms with van der Waals surface area (Å²) in [6.07, 6.45) is 1.63. The first-order valence-corrected chi connectivity index (χ1v) is 6.31. The lowest BCUT2D eigenvalue weighted by Crippen LogP contribution is -2.30. The molecular weight excluding hydrogens is 238 g/mol. The molecule has 0 bridgehead atoms. The maximum Gasteiger partial charge on any atom is 0.271 e. The van der Waals surface area contributed by atoms with E-state index in [1.807, 2.05) is 19.9 Å². The zero-order chi connectivity index (χ0) is 13.0. The highest BCUT2D eigenvalue weighted by Gasteiger charge is 2.17. The first-order chi connectivity index (χ1) is 7.95. The molecule has 1 heterocycles. The van der Waals surface area contributed by atoms with E-state index in [-0.39, 0.29) is 11.3 Å². The molecule has 0 aromatic carbocycles.